The molecule has 0 aliphatic carbocycles. The van der Waals surface area contributed by atoms with Crippen molar-refractivity contribution < 1.29 is 44.4 Å². The van der Waals surface area contributed by atoms with Crippen molar-refractivity contribution >= 4 is 29.4 Å². The van der Waals surface area contributed by atoms with Gasteiger partial charge in [-0.3, -0.25) is 24.0 Å². The summed E-state index contributed by atoms with van der Waals surface area (Å²) >= 11 is 0. The van der Waals surface area contributed by atoms with E-state index < -0.39 is 85.8 Å². The highest BCUT2D eigenvalue weighted by molar-refractivity contribution is 5.93. The Morgan fingerprint density at radius 2 is 1.59 bits per heavy atom. The lowest BCUT2D eigenvalue weighted by Gasteiger charge is -2.18. The Morgan fingerprint density at radius 1 is 1.04 bits per heavy atom. The predicted octanol–water partition coefficient (Wildman–Crippen LogP) is -1.85. The third-order valence-electron chi connectivity index (χ3n) is 3.66. The second-order valence-electron chi connectivity index (χ2n) is 5.90. The lowest BCUT2D eigenvalue weighted by Crippen LogP contribution is -2.43. The molecule has 0 aliphatic heterocycles. The number of carboxylic acids is 2. The van der Waals surface area contributed by atoms with E-state index in [1.54, 1.807) is 0 Å². The number of aliphatic carboxylic acids is 2. The van der Waals surface area contributed by atoms with Crippen molar-refractivity contribution in [3.63, 3.8) is 0 Å². The summed E-state index contributed by atoms with van der Waals surface area (Å²) in [7, 11) is 0. The van der Waals surface area contributed by atoms with Gasteiger partial charge in [0, 0.05) is 12.8 Å². The number of ketones is 2. The van der Waals surface area contributed by atoms with E-state index in [-0.39, 0.29) is 7.43 Å². The number of carbonyl (C=O) groups is 5. The third-order valence-corrected chi connectivity index (χ3v) is 3.66. The maximum absolute atomic E-state index is 12.0. The Kier molecular flexibility index (Phi) is 12.8. The topological polar surface area (TPSA) is 204 Å². The molecule has 11 heteroatoms. The van der Waals surface area contributed by atoms with Crippen LogP contribution in [0.15, 0.2) is 0 Å². The molecule has 27 heavy (non-hydrogen) atoms. The smallest absolute Gasteiger partial charge is 0.309 e. The first-order valence-electron chi connectivity index (χ1n) is 7.80. The molecule has 4 atom stereocenters. The zero-order valence-electron chi connectivity index (χ0n) is 14.3. The van der Waals surface area contributed by atoms with Crippen LogP contribution in [0.4, 0.5) is 0 Å². The van der Waals surface area contributed by atoms with Crippen molar-refractivity contribution in [3.05, 3.63) is 0 Å². The largest absolute Gasteiger partial charge is 0.481 e. The number of rotatable bonds is 13. The molecular weight excluding hydrogens is 364 g/mol. The Balaban J connectivity index is 0. The zero-order chi connectivity index (χ0) is 20.4. The minimum Gasteiger partial charge on any atom is -0.481 e. The molecule has 1 amide bonds. The van der Waals surface area contributed by atoms with Crippen molar-refractivity contribution in [1.82, 2.24) is 5.32 Å². The first kappa shape index (κ1) is 26.9. The lowest BCUT2D eigenvalue weighted by atomic mass is 9.90. The van der Waals surface area contributed by atoms with Gasteiger partial charge in [0.05, 0.1) is 43.6 Å². The second kappa shape index (κ2) is 12.9. The molecule has 0 radical (unpaired) electrons. The highest BCUT2D eigenvalue weighted by atomic mass is 16.4. The molecule has 7 N–H and O–H groups in total. The van der Waals surface area contributed by atoms with E-state index >= 15 is 0 Å². The van der Waals surface area contributed by atoms with Crippen LogP contribution in [0.25, 0.3) is 0 Å². The molecule has 0 aliphatic rings. The molecule has 156 valence electrons. The van der Waals surface area contributed by atoms with Crippen LogP contribution in [0.1, 0.15) is 33.6 Å². The van der Waals surface area contributed by atoms with Crippen LogP contribution in [0.3, 0.4) is 0 Å². The van der Waals surface area contributed by atoms with Crippen molar-refractivity contribution in [3.8, 4) is 0 Å². The summed E-state index contributed by atoms with van der Waals surface area (Å²) in [6, 6.07) is -1.20. The fourth-order valence-electron chi connectivity index (χ4n) is 2.09. The van der Waals surface area contributed by atoms with Crippen molar-refractivity contribution in [2.75, 3.05) is 13.2 Å². The summed E-state index contributed by atoms with van der Waals surface area (Å²) in [4.78, 5) is 57.4. The first-order chi connectivity index (χ1) is 12.0. The molecule has 0 saturated heterocycles. The van der Waals surface area contributed by atoms with Gasteiger partial charge in [-0.25, -0.2) is 0 Å². The van der Waals surface area contributed by atoms with Crippen molar-refractivity contribution in [2.45, 2.75) is 45.8 Å². The number of hydrogen-bond acceptors (Lipinski definition) is 8. The van der Waals surface area contributed by atoms with Gasteiger partial charge in [-0.05, 0) is 6.92 Å². The maximum atomic E-state index is 12.0. The van der Waals surface area contributed by atoms with E-state index in [1.165, 1.54) is 6.92 Å². The fraction of sp³-hybridized carbons (Fsp3) is 0.688. The third kappa shape index (κ3) is 10.4. The number of aliphatic hydroxyl groups excluding tert-OH is 2. The minimum atomic E-state index is -1.39. The van der Waals surface area contributed by atoms with Gasteiger partial charge in [-0.2, -0.15) is 0 Å². The van der Waals surface area contributed by atoms with Gasteiger partial charge in [0.1, 0.15) is 5.78 Å². The van der Waals surface area contributed by atoms with E-state index in [0.29, 0.717) is 0 Å². The van der Waals surface area contributed by atoms with E-state index in [1.807, 2.05) is 0 Å². The summed E-state index contributed by atoms with van der Waals surface area (Å²) in [5, 5.41) is 38.1. The maximum Gasteiger partial charge on any atom is 0.309 e. The SMILES string of the molecule is C.CC(O)[C@H](CC(=O)C[C@@H](CC(=O)O)C(=O)NCC(=O)[C@@H](N)CO)C(=O)O. The lowest BCUT2D eigenvalue weighted by molar-refractivity contribution is -0.148. The summed E-state index contributed by atoms with van der Waals surface area (Å²) in [6.45, 7) is 0.0292. The van der Waals surface area contributed by atoms with Crippen molar-refractivity contribution in [1.29, 1.82) is 0 Å². The number of amides is 1. The quantitative estimate of drug-likeness (QED) is 0.206. The summed E-state index contributed by atoms with van der Waals surface area (Å²) in [6.07, 6.45) is -3.13. The first-order valence-corrected chi connectivity index (χ1v) is 7.80. The number of carbonyl (C=O) groups excluding carboxylic acids is 3. The summed E-state index contributed by atoms with van der Waals surface area (Å²) in [5.74, 6) is -7.72. The molecule has 0 fully saturated rings. The normalized spacial score (nSPS) is 14.8. The number of hydrogen-bond donors (Lipinski definition) is 6. The minimum absolute atomic E-state index is 0. The monoisotopic (exact) mass is 392 g/mol. The van der Waals surface area contributed by atoms with Crippen LogP contribution >= 0.6 is 0 Å². The Labute approximate surface area is 156 Å². The fourth-order valence-corrected chi connectivity index (χ4v) is 2.09. The van der Waals surface area contributed by atoms with Gasteiger partial charge in [-0.15, -0.1) is 0 Å². The number of aliphatic hydroxyl groups is 2. The molecule has 0 aromatic heterocycles. The van der Waals surface area contributed by atoms with Crippen LogP contribution in [0.2, 0.25) is 0 Å². The predicted molar refractivity (Wildman–Crippen MR) is 92.6 cm³/mol. The van der Waals surface area contributed by atoms with Crippen LogP contribution < -0.4 is 11.1 Å². The highest BCUT2D eigenvalue weighted by Crippen LogP contribution is 2.16. The zero-order valence-corrected chi connectivity index (χ0v) is 14.3. The summed E-state index contributed by atoms with van der Waals surface area (Å²) in [5.41, 5.74) is 5.27. The second-order valence-corrected chi connectivity index (χ2v) is 5.90. The molecule has 11 nitrogen and oxygen atoms in total. The Bertz CT molecular complexity index is 548. The van der Waals surface area contributed by atoms with E-state index in [9.17, 15) is 29.1 Å². The van der Waals surface area contributed by atoms with E-state index in [4.69, 9.17) is 21.1 Å². The average Bonchev–Trinajstić information content (AvgIpc) is 2.54. The van der Waals surface area contributed by atoms with Crippen LogP contribution in [0.5, 0.6) is 0 Å². The van der Waals surface area contributed by atoms with Crippen LogP contribution in [0, 0.1) is 11.8 Å². The molecule has 1 unspecified atom stereocenters. The number of carboxylic acid groups (broad SMARTS) is 2. The molecule has 0 spiro atoms. The van der Waals surface area contributed by atoms with Crippen LogP contribution in [-0.4, -0.2) is 75.1 Å². The molecule has 0 aromatic rings. The Hall–Kier alpha value is -2.37. The number of nitrogens with two attached hydrogens (primary N) is 1. The molecule has 0 heterocycles. The number of Topliss-reactive ketones (excluding diaryl/α,β-unsaturated/α-hetero) is 2. The van der Waals surface area contributed by atoms with Crippen LogP contribution in [-0.2, 0) is 24.0 Å². The van der Waals surface area contributed by atoms with E-state index in [0.717, 1.165) is 0 Å². The molecule has 0 rings (SSSR count). The molecule has 0 aromatic carbocycles. The summed E-state index contributed by atoms with van der Waals surface area (Å²) < 4.78 is 0. The standard InChI is InChI=1S/C15H24N2O9.CH4/c1-7(19)10(15(25)26)4-9(20)2-8(3-13(22)23)14(24)17-5-12(21)11(16)6-18;/h7-8,10-11,18-19H,2-6,16H2,1H3,(H,17,24)(H,22,23)(H,25,26);1H4/t7?,8-,10-,11-;/m0./s1. The van der Waals surface area contributed by atoms with Gasteiger partial charge in [0.2, 0.25) is 5.91 Å². The van der Waals surface area contributed by atoms with E-state index in [2.05, 4.69) is 5.32 Å². The molecular formula is C16H28N2O9. The number of nitrogens with one attached hydrogen (secondary N) is 1. The molecule has 0 saturated carbocycles. The highest BCUT2D eigenvalue weighted by Gasteiger charge is 2.30. The average molecular weight is 392 g/mol. The van der Waals surface area contributed by atoms with Gasteiger partial charge in [-0.1, -0.05) is 7.43 Å². The van der Waals surface area contributed by atoms with Gasteiger partial charge in [0.25, 0.3) is 0 Å². The Morgan fingerprint density at radius 3 is 2.00 bits per heavy atom. The van der Waals surface area contributed by atoms with Gasteiger partial charge in [0.15, 0.2) is 5.78 Å². The van der Waals surface area contributed by atoms with Gasteiger partial charge < -0.3 is 31.5 Å². The van der Waals surface area contributed by atoms with Crippen molar-refractivity contribution in [2.24, 2.45) is 17.6 Å². The molecule has 0 bridgehead atoms. The van der Waals surface area contributed by atoms with Gasteiger partial charge >= 0.3 is 11.9 Å².